The highest BCUT2D eigenvalue weighted by Crippen LogP contribution is 2.46. The maximum Gasteiger partial charge on any atom is 0.342 e. The highest BCUT2D eigenvalue weighted by Gasteiger charge is 2.31. The minimum absolute atomic E-state index is 0.255. The van der Waals surface area contributed by atoms with Crippen LogP contribution in [0.2, 0.25) is 0 Å². The zero-order chi connectivity index (χ0) is 16.7. The molecule has 0 spiro atoms. The zero-order valence-electron chi connectivity index (χ0n) is 14.3. The standard InChI is InChI=1S/C21H22O3/c1-3-23-21(22)18-13(2)15-11-10-14-7-4-5-8-16(14)19(15)17-9-6-12-24-20(17)18/h4-5,7-8H,3,6,9-12H2,1-2H3. The average Bonchev–Trinajstić information content (AvgIpc) is 2.61. The summed E-state index contributed by atoms with van der Waals surface area (Å²) in [5, 5.41) is 0. The van der Waals surface area contributed by atoms with E-state index in [1.54, 1.807) is 0 Å². The van der Waals surface area contributed by atoms with E-state index in [9.17, 15) is 4.79 Å². The molecule has 124 valence electrons. The van der Waals surface area contributed by atoms with E-state index in [1.165, 1.54) is 27.8 Å². The van der Waals surface area contributed by atoms with Crippen molar-refractivity contribution < 1.29 is 14.3 Å². The summed E-state index contributed by atoms with van der Waals surface area (Å²) >= 11 is 0. The number of benzene rings is 2. The van der Waals surface area contributed by atoms with E-state index in [0.29, 0.717) is 18.8 Å². The smallest absolute Gasteiger partial charge is 0.342 e. The fourth-order valence-corrected chi connectivity index (χ4v) is 4.10. The van der Waals surface area contributed by atoms with Gasteiger partial charge in [-0.2, -0.15) is 0 Å². The molecule has 0 bridgehead atoms. The molecule has 0 atom stereocenters. The van der Waals surface area contributed by atoms with E-state index < -0.39 is 0 Å². The van der Waals surface area contributed by atoms with Crippen LogP contribution in [0.15, 0.2) is 24.3 Å². The first-order chi connectivity index (χ1) is 11.7. The number of carbonyl (C=O) groups is 1. The third-order valence-electron chi connectivity index (χ3n) is 5.16. The Morgan fingerprint density at radius 3 is 2.83 bits per heavy atom. The SMILES string of the molecule is CCOC(=O)c1c(C)c2c(c3c1OCCC3)-c1ccccc1CC2. The monoisotopic (exact) mass is 322 g/mol. The fourth-order valence-electron chi connectivity index (χ4n) is 4.10. The Balaban J connectivity index is 2.02. The van der Waals surface area contributed by atoms with Crippen molar-refractivity contribution in [1.29, 1.82) is 0 Å². The van der Waals surface area contributed by atoms with Crippen LogP contribution in [0.1, 0.15) is 46.0 Å². The zero-order valence-corrected chi connectivity index (χ0v) is 14.3. The molecule has 0 fully saturated rings. The van der Waals surface area contributed by atoms with E-state index in [1.807, 2.05) is 13.8 Å². The maximum atomic E-state index is 12.6. The van der Waals surface area contributed by atoms with Gasteiger partial charge < -0.3 is 9.47 Å². The van der Waals surface area contributed by atoms with Gasteiger partial charge in [-0.25, -0.2) is 4.79 Å². The van der Waals surface area contributed by atoms with Crippen LogP contribution in [0.3, 0.4) is 0 Å². The topological polar surface area (TPSA) is 35.5 Å². The van der Waals surface area contributed by atoms with Crippen molar-refractivity contribution in [1.82, 2.24) is 0 Å². The van der Waals surface area contributed by atoms with Crippen molar-refractivity contribution in [2.75, 3.05) is 13.2 Å². The van der Waals surface area contributed by atoms with Gasteiger partial charge >= 0.3 is 5.97 Å². The predicted octanol–water partition coefficient (Wildman–Crippen LogP) is 4.26. The van der Waals surface area contributed by atoms with Gasteiger partial charge in [-0.1, -0.05) is 24.3 Å². The molecule has 0 N–H and O–H groups in total. The minimum atomic E-state index is -0.255. The lowest BCUT2D eigenvalue weighted by Crippen LogP contribution is -2.20. The summed E-state index contributed by atoms with van der Waals surface area (Å²) in [7, 11) is 0. The molecule has 0 saturated heterocycles. The van der Waals surface area contributed by atoms with Gasteiger partial charge in [-0.3, -0.25) is 0 Å². The number of carbonyl (C=O) groups excluding carboxylic acids is 1. The molecule has 2 aliphatic rings. The van der Waals surface area contributed by atoms with Gasteiger partial charge in [-0.15, -0.1) is 0 Å². The molecule has 3 heteroatoms. The molecule has 1 aliphatic carbocycles. The van der Waals surface area contributed by atoms with Gasteiger partial charge in [0.2, 0.25) is 0 Å². The molecule has 0 aromatic heterocycles. The van der Waals surface area contributed by atoms with Crippen LogP contribution in [0.5, 0.6) is 5.75 Å². The largest absolute Gasteiger partial charge is 0.492 e. The Bertz CT molecular complexity index is 820. The second-order valence-electron chi connectivity index (χ2n) is 6.49. The van der Waals surface area contributed by atoms with Gasteiger partial charge in [-0.05, 0) is 67.3 Å². The number of rotatable bonds is 2. The van der Waals surface area contributed by atoms with Crippen molar-refractivity contribution in [2.45, 2.75) is 39.5 Å². The number of ether oxygens (including phenoxy) is 2. The van der Waals surface area contributed by atoms with Gasteiger partial charge in [0.15, 0.2) is 0 Å². The van der Waals surface area contributed by atoms with Crippen molar-refractivity contribution in [2.24, 2.45) is 0 Å². The summed E-state index contributed by atoms with van der Waals surface area (Å²) in [6, 6.07) is 8.61. The van der Waals surface area contributed by atoms with E-state index >= 15 is 0 Å². The van der Waals surface area contributed by atoms with Gasteiger partial charge in [0.1, 0.15) is 11.3 Å². The first-order valence-electron chi connectivity index (χ1n) is 8.78. The van der Waals surface area contributed by atoms with Crippen LogP contribution in [-0.4, -0.2) is 19.2 Å². The molecular weight excluding hydrogens is 300 g/mol. The van der Waals surface area contributed by atoms with Crippen LogP contribution in [0.4, 0.5) is 0 Å². The van der Waals surface area contributed by atoms with E-state index in [4.69, 9.17) is 9.47 Å². The molecule has 0 amide bonds. The molecule has 2 aromatic carbocycles. The van der Waals surface area contributed by atoms with Crippen LogP contribution in [0, 0.1) is 6.92 Å². The van der Waals surface area contributed by atoms with Crippen molar-refractivity contribution >= 4 is 5.97 Å². The second-order valence-corrected chi connectivity index (χ2v) is 6.49. The molecule has 0 unspecified atom stereocenters. The Morgan fingerprint density at radius 1 is 1.17 bits per heavy atom. The summed E-state index contributed by atoms with van der Waals surface area (Å²) in [4.78, 5) is 12.6. The molecule has 0 saturated carbocycles. The predicted molar refractivity (Wildman–Crippen MR) is 93.8 cm³/mol. The molecule has 1 aliphatic heterocycles. The van der Waals surface area contributed by atoms with Crippen molar-refractivity contribution in [3.8, 4) is 16.9 Å². The van der Waals surface area contributed by atoms with Crippen LogP contribution < -0.4 is 4.74 Å². The fraction of sp³-hybridized carbons (Fsp3) is 0.381. The third kappa shape index (κ3) is 2.22. The Kier molecular flexibility index (Phi) is 3.79. The summed E-state index contributed by atoms with van der Waals surface area (Å²) in [6.45, 7) is 4.93. The van der Waals surface area contributed by atoms with Gasteiger partial charge in [0, 0.05) is 5.56 Å². The molecule has 2 aromatic rings. The highest BCUT2D eigenvalue weighted by atomic mass is 16.5. The number of hydrogen-bond acceptors (Lipinski definition) is 3. The quantitative estimate of drug-likeness (QED) is 0.775. The van der Waals surface area contributed by atoms with Gasteiger partial charge in [0.05, 0.1) is 13.2 Å². The summed E-state index contributed by atoms with van der Waals surface area (Å²) in [5.74, 6) is 0.502. The van der Waals surface area contributed by atoms with E-state index in [0.717, 1.165) is 37.0 Å². The average molecular weight is 322 g/mol. The number of esters is 1. The van der Waals surface area contributed by atoms with Crippen molar-refractivity contribution in [3.05, 3.63) is 52.1 Å². The van der Waals surface area contributed by atoms with Crippen LogP contribution in [0.25, 0.3) is 11.1 Å². The maximum absolute atomic E-state index is 12.6. The number of aryl methyl sites for hydroxylation is 1. The van der Waals surface area contributed by atoms with Crippen molar-refractivity contribution in [3.63, 3.8) is 0 Å². The lowest BCUT2D eigenvalue weighted by Gasteiger charge is -2.30. The molecule has 0 radical (unpaired) electrons. The summed E-state index contributed by atoms with van der Waals surface area (Å²) < 4.78 is 11.3. The number of hydrogen-bond donors (Lipinski definition) is 0. The Labute approximate surface area is 142 Å². The lowest BCUT2D eigenvalue weighted by molar-refractivity contribution is 0.0519. The molecular formula is C21H22O3. The second kappa shape index (κ2) is 5.97. The first-order valence-corrected chi connectivity index (χ1v) is 8.78. The number of fused-ring (bicyclic) bond motifs is 5. The highest BCUT2D eigenvalue weighted by molar-refractivity contribution is 5.98. The normalized spacial score (nSPS) is 14.9. The summed E-state index contributed by atoms with van der Waals surface area (Å²) in [6.07, 6.45) is 3.94. The van der Waals surface area contributed by atoms with Gasteiger partial charge in [0.25, 0.3) is 0 Å². The van der Waals surface area contributed by atoms with E-state index in [2.05, 4.69) is 24.3 Å². The summed E-state index contributed by atoms with van der Waals surface area (Å²) in [5.41, 5.74) is 8.15. The van der Waals surface area contributed by atoms with Crippen LogP contribution >= 0.6 is 0 Å². The lowest BCUT2D eigenvalue weighted by atomic mass is 9.77. The Morgan fingerprint density at radius 2 is 2.00 bits per heavy atom. The van der Waals surface area contributed by atoms with E-state index in [-0.39, 0.29) is 5.97 Å². The first kappa shape index (κ1) is 15.3. The molecule has 1 heterocycles. The Hall–Kier alpha value is -2.29. The minimum Gasteiger partial charge on any atom is -0.492 e. The third-order valence-corrected chi connectivity index (χ3v) is 5.16. The molecule has 4 rings (SSSR count). The molecule has 3 nitrogen and oxygen atoms in total. The van der Waals surface area contributed by atoms with Crippen LogP contribution in [-0.2, 0) is 24.0 Å². The molecule has 24 heavy (non-hydrogen) atoms.